The maximum absolute atomic E-state index is 11.0. The van der Waals surface area contributed by atoms with Gasteiger partial charge in [-0.15, -0.1) is 0 Å². The summed E-state index contributed by atoms with van der Waals surface area (Å²) < 4.78 is 49.6. The summed E-state index contributed by atoms with van der Waals surface area (Å²) in [7, 11) is 0. The Morgan fingerprint density at radius 3 is 1.80 bits per heavy atom. The van der Waals surface area contributed by atoms with Crippen molar-refractivity contribution in [2.24, 2.45) is 0 Å². The highest BCUT2D eigenvalue weighted by Gasteiger charge is 2.55. The summed E-state index contributed by atoms with van der Waals surface area (Å²) in [5, 5.41) is 135. The topological polar surface area (TPSA) is 346 Å². The van der Waals surface area contributed by atoms with E-state index in [0.29, 0.717) is 0 Å². The van der Waals surface area contributed by atoms with Crippen molar-refractivity contribution in [2.75, 3.05) is 26.4 Å². The minimum absolute atomic E-state index is 0.435. The van der Waals surface area contributed by atoms with Gasteiger partial charge in [-0.1, -0.05) is 0 Å². The van der Waals surface area contributed by atoms with Crippen LogP contribution in [0.2, 0.25) is 0 Å². The Labute approximate surface area is 284 Å². The van der Waals surface area contributed by atoms with Crippen molar-refractivity contribution in [2.45, 2.75) is 149 Å². The molecule has 5 aliphatic rings. The van der Waals surface area contributed by atoms with Gasteiger partial charge in [0.25, 0.3) is 0 Å². The van der Waals surface area contributed by atoms with Crippen LogP contribution in [0.1, 0.15) is 13.8 Å². The van der Waals surface area contributed by atoms with E-state index in [9.17, 15) is 66.4 Å². The molecule has 0 aromatic rings. The van der Waals surface area contributed by atoms with E-state index in [1.54, 1.807) is 0 Å². The quantitative estimate of drug-likeness (QED) is 0.0990. The average molecular weight is 737 g/mol. The highest BCUT2D eigenvalue weighted by molar-refractivity contribution is 4.97. The fraction of sp³-hybridized carbons (Fsp3) is 1.00. The van der Waals surface area contributed by atoms with E-state index in [4.69, 9.17) is 42.6 Å². The van der Waals surface area contributed by atoms with Gasteiger partial charge < -0.3 is 109 Å². The molecule has 0 aromatic carbocycles. The molecule has 0 unspecified atom stereocenters. The number of ether oxygens (including phenoxy) is 9. The zero-order valence-corrected chi connectivity index (χ0v) is 26.9. The zero-order chi connectivity index (χ0) is 36.8. The Hall–Kier alpha value is -0.880. The predicted molar refractivity (Wildman–Crippen MR) is 152 cm³/mol. The van der Waals surface area contributed by atoms with Gasteiger partial charge in [0.05, 0.1) is 38.6 Å². The molecule has 0 aromatic heterocycles. The lowest BCUT2D eigenvalue weighted by Gasteiger charge is -2.48. The van der Waals surface area contributed by atoms with Crippen LogP contribution in [0, 0.1) is 0 Å². The second-order valence-electron chi connectivity index (χ2n) is 13.2. The van der Waals surface area contributed by atoms with E-state index in [1.165, 1.54) is 13.8 Å². The first-order chi connectivity index (χ1) is 23.5. The highest BCUT2D eigenvalue weighted by Crippen LogP contribution is 2.35. The molecule has 5 saturated heterocycles. The summed E-state index contributed by atoms with van der Waals surface area (Å²) in [6.45, 7) is 0.272. The van der Waals surface area contributed by atoms with Crippen LogP contribution < -0.4 is 0 Å². The van der Waals surface area contributed by atoms with Gasteiger partial charge in [0, 0.05) is 0 Å². The van der Waals surface area contributed by atoms with Crippen molar-refractivity contribution in [3.63, 3.8) is 0 Å². The van der Waals surface area contributed by atoms with Gasteiger partial charge >= 0.3 is 0 Å². The summed E-state index contributed by atoms with van der Waals surface area (Å²) >= 11 is 0. The first kappa shape index (κ1) is 40.3. The van der Waals surface area contributed by atoms with Crippen LogP contribution in [0.3, 0.4) is 0 Å². The number of hydrogen-bond donors (Lipinski definition) is 13. The summed E-state index contributed by atoms with van der Waals surface area (Å²) in [4.78, 5) is 0. The highest BCUT2D eigenvalue weighted by atomic mass is 16.8. The average Bonchev–Trinajstić information content (AvgIpc) is 3.37. The molecule has 22 atom stereocenters. The summed E-state index contributed by atoms with van der Waals surface area (Å²) in [6.07, 6.45) is -34.0. The smallest absolute Gasteiger partial charge is 0.187 e. The van der Waals surface area contributed by atoms with Gasteiger partial charge in [-0.05, 0) is 13.8 Å². The molecule has 0 bridgehead atoms. The van der Waals surface area contributed by atoms with E-state index in [-0.39, 0.29) is 0 Å². The fourth-order valence-corrected chi connectivity index (χ4v) is 6.34. The van der Waals surface area contributed by atoms with Gasteiger partial charge in [0.2, 0.25) is 0 Å². The summed E-state index contributed by atoms with van der Waals surface area (Å²) in [5.74, 6) is 0. The molecule has 0 amide bonds. The Balaban J connectivity index is 1.21. The van der Waals surface area contributed by atoms with Crippen molar-refractivity contribution >= 4 is 0 Å². The molecular weight excluding hydrogens is 688 g/mol. The SMILES string of the molecule is C[C@@H]1O[C@@H](O[C@@H]2[C@@H](O[C@@H]3O[C@H](CO)[C@@H](O)[C@H](O)[C@H]3O)[C@@H](O)[C@@H](C)O[C@H]2O)[C@H](O)[C@H](O)[C@H]1O[C@@H]1OC[C@@H](O[C@@H]2OC[C@](O)(CO)[C@H]2O)[C@H](O)[C@H]1O. The molecule has 5 aliphatic heterocycles. The molecule has 13 N–H and O–H groups in total. The molecule has 5 heterocycles. The lowest BCUT2D eigenvalue weighted by Crippen LogP contribution is -2.66. The Kier molecular flexibility index (Phi) is 13.1. The normalized spacial score (nSPS) is 54.9. The third-order valence-electron chi connectivity index (χ3n) is 9.60. The standard InChI is InChI=1S/C28H48O22/c1-7-11(31)20(49-26-17(37)14(34)12(32)9(3-29)46-26)21(23(40)44-7)50-25-18(38)15(35)19(8(2)45-25)48-24-16(36)13(33)10(4-42-24)47-27-22(39)28(41,5-30)6-43-27/h7-27,29-41H,3-6H2,1-2H3/t7-,8+,9-,10-,11+,12-,13+,14+,15+,16-,17-,18-,19+,20+,21-,22+,23-,24+,25+,26+,27+,28-/m1/s1. The Morgan fingerprint density at radius 1 is 0.560 bits per heavy atom. The molecule has 0 saturated carbocycles. The molecule has 0 radical (unpaired) electrons. The molecule has 50 heavy (non-hydrogen) atoms. The van der Waals surface area contributed by atoms with E-state index in [1.807, 2.05) is 0 Å². The predicted octanol–water partition coefficient (Wildman–Crippen LogP) is -8.59. The lowest BCUT2D eigenvalue weighted by atomic mass is 9.96. The van der Waals surface area contributed by atoms with Crippen LogP contribution in [0.25, 0.3) is 0 Å². The van der Waals surface area contributed by atoms with E-state index in [0.717, 1.165) is 0 Å². The van der Waals surface area contributed by atoms with Crippen LogP contribution in [0.4, 0.5) is 0 Å². The van der Waals surface area contributed by atoms with Crippen LogP contribution in [-0.2, 0) is 42.6 Å². The third kappa shape index (κ3) is 7.83. The van der Waals surface area contributed by atoms with Gasteiger partial charge in [-0.25, -0.2) is 0 Å². The van der Waals surface area contributed by atoms with Crippen molar-refractivity contribution in [3.8, 4) is 0 Å². The summed E-state index contributed by atoms with van der Waals surface area (Å²) in [5.41, 5.74) is -2.00. The molecular formula is C28H48O22. The third-order valence-corrected chi connectivity index (χ3v) is 9.60. The molecule has 0 aliphatic carbocycles. The maximum Gasteiger partial charge on any atom is 0.187 e. The second-order valence-corrected chi connectivity index (χ2v) is 13.2. The molecule has 292 valence electrons. The van der Waals surface area contributed by atoms with Gasteiger partial charge in [0.1, 0.15) is 91.1 Å². The Bertz CT molecular complexity index is 1090. The maximum atomic E-state index is 11.0. The van der Waals surface area contributed by atoms with Crippen molar-refractivity contribution in [3.05, 3.63) is 0 Å². The number of hydrogen-bond acceptors (Lipinski definition) is 22. The van der Waals surface area contributed by atoms with Crippen molar-refractivity contribution in [1.29, 1.82) is 0 Å². The largest absolute Gasteiger partial charge is 0.394 e. The first-order valence-corrected chi connectivity index (χ1v) is 16.1. The van der Waals surface area contributed by atoms with Crippen molar-refractivity contribution in [1.82, 2.24) is 0 Å². The second kappa shape index (κ2) is 16.2. The van der Waals surface area contributed by atoms with Crippen LogP contribution in [-0.4, -0.2) is 228 Å². The zero-order valence-electron chi connectivity index (χ0n) is 26.9. The van der Waals surface area contributed by atoms with E-state index < -0.39 is 161 Å². The fourth-order valence-electron chi connectivity index (χ4n) is 6.34. The minimum Gasteiger partial charge on any atom is -0.394 e. The van der Waals surface area contributed by atoms with Gasteiger partial charge in [-0.3, -0.25) is 0 Å². The first-order valence-electron chi connectivity index (χ1n) is 16.1. The molecule has 0 spiro atoms. The summed E-state index contributed by atoms with van der Waals surface area (Å²) in [6, 6.07) is 0. The van der Waals surface area contributed by atoms with Gasteiger partial charge in [-0.2, -0.15) is 0 Å². The lowest BCUT2D eigenvalue weighted by molar-refractivity contribution is -0.391. The minimum atomic E-state index is -2.00. The number of rotatable bonds is 10. The van der Waals surface area contributed by atoms with Crippen LogP contribution >= 0.6 is 0 Å². The Morgan fingerprint density at radius 2 is 1.16 bits per heavy atom. The number of aliphatic hydroxyl groups is 13. The van der Waals surface area contributed by atoms with E-state index >= 15 is 0 Å². The number of aliphatic hydroxyl groups excluding tert-OH is 12. The molecule has 22 nitrogen and oxygen atoms in total. The van der Waals surface area contributed by atoms with Crippen LogP contribution in [0.15, 0.2) is 0 Å². The van der Waals surface area contributed by atoms with E-state index in [2.05, 4.69) is 0 Å². The van der Waals surface area contributed by atoms with Crippen LogP contribution in [0.5, 0.6) is 0 Å². The molecule has 5 fully saturated rings. The molecule has 22 heteroatoms. The molecule has 5 rings (SSSR count). The van der Waals surface area contributed by atoms with Gasteiger partial charge in [0.15, 0.2) is 31.5 Å². The monoisotopic (exact) mass is 736 g/mol. The van der Waals surface area contributed by atoms with Crippen molar-refractivity contribution < 1.29 is 109 Å².